The van der Waals surface area contributed by atoms with Crippen molar-refractivity contribution in [1.82, 2.24) is 5.32 Å². The zero-order valence-electron chi connectivity index (χ0n) is 12.0. The molecule has 0 bridgehead atoms. The van der Waals surface area contributed by atoms with Crippen LogP contribution in [0.15, 0.2) is 18.2 Å². The summed E-state index contributed by atoms with van der Waals surface area (Å²) in [5.74, 6) is -0.484. The van der Waals surface area contributed by atoms with E-state index in [1.807, 2.05) is 0 Å². The highest BCUT2D eigenvalue weighted by Gasteiger charge is 2.33. The zero-order valence-corrected chi connectivity index (χ0v) is 12.0. The zero-order chi connectivity index (χ0) is 16.2. The molecule has 1 rings (SSSR count). The Balaban J connectivity index is 3.00. The molecule has 0 radical (unpaired) electrons. The van der Waals surface area contributed by atoms with E-state index in [0.717, 1.165) is 6.07 Å². The number of nitrogens with one attached hydrogen (secondary N) is 1. The van der Waals surface area contributed by atoms with E-state index in [1.54, 1.807) is 24.9 Å². The predicted octanol–water partition coefficient (Wildman–Crippen LogP) is 2.40. The highest BCUT2D eigenvalue weighted by Crippen LogP contribution is 2.33. The molecule has 0 saturated heterocycles. The number of halogens is 3. The van der Waals surface area contributed by atoms with Crippen LogP contribution in [0.5, 0.6) is 0 Å². The van der Waals surface area contributed by atoms with Gasteiger partial charge in [0.2, 0.25) is 5.91 Å². The minimum Gasteiger partial charge on any atom is -0.374 e. The summed E-state index contributed by atoms with van der Waals surface area (Å²) in [6.07, 6.45) is -4.56. The molecule has 0 aliphatic heterocycles. The number of carbonyl (C=O) groups is 1. The molecule has 4 nitrogen and oxygen atoms in total. The van der Waals surface area contributed by atoms with Crippen molar-refractivity contribution in [2.45, 2.75) is 13.1 Å². The summed E-state index contributed by atoms with van der Waals surface area (Å²) in [6, 6.07) is 4.91. The molecule has 1 aromatic carbocycles. The average Bonchev–Trinajstić information content (AvgIpc) is 2.44. The van der Waals surface area contributed by atoms with Gasteiger partial charge in [0.05, 0.1) is 23.1 Å². The van der Waals surface area contributed by atoms with Gasteiger partial charge in [0.15, 0.2) is 0 Å². The lowest BCUT2D eigenvalue weighted by Gasteiger charge is -2.23. The molecule has 114 valence electrons. The number of hydrogen-bond acceptors (Lipinski definition) is 3. The maximum absolute atomic E-state index is 12.7. The second-order valence-electron chi connectivity index (χ2n) is 4.74. The fraction of sp³-hybridized carbons (Fsp3) is 0.429. The van der Waals surface area contributed by atoms with Gasteiger partial charge in [-0.1, -0.05) is 6.92 Å². The smallest absolute Gasteiger partial charge is 0.374 e. The Hall–Kier alpha value is -2.23. The van der Waals surface area contributed by atoms with Gasteiger partial charge in [0.1, 0.15) is 0 Å². The van der Waals surface area contributed by atoms with Gasteiger partial charge in [0.25, 0.3) is 0 Å². The van der Waals surface area contributed by atoms with Crippen molar-refractivity contribution < 1.29 is 18.0 Å². The Labute approximate surface area is 121 Å². The summed E-state index contributed by atoms with van der Waals surface area (Å²) in [5.41, 5.74) is -0.934. The lowest BCUT2D eigenvalue weighted by molar-refractivity contribution is -0.137. The summed E-state index contributed by atoms with van der Waals surface area (Å²) in [4.78, 5) is 13.1. The van der Waals surface area contributed by atoms with Crippen LogP contribution in [-0.2, 0) is 11.0 Å². The number of carbonyl (C=O) groups excluding carboxylic acids is 1. The minimum absolute atomic E-state index is 0.158. The lowest BCUT2D eigenvalue weighted by atomic mass is 10.1. The number of amides is 1. The van der Waals surface area contributed by atoms with Gasteiger partial charge in [-0.25, -0.2) is 0 Å². The first-order valence-electron chi connectivity index (χ1n) is 6.24. The van der Waals surface area contributed by atoms with Crippen molar-refractivity contribution in [2.75, 3.05) is 25.5 Å². The van der Waals surface area contributed by atoms with Gasteiger partial charge >= 0.3 is 6.18 Å². The van der Waals surface area contributed by atoms with Gasteiger partial charge in [-0.3, -0.25) is 4.79 Å². The molecular formula is C14H16F3N3O. The van der Waals surface area contributed by atoms with Gasteiger partial charge in [-0.15, -0.1) is 0 Å². The van der Waals surface area contributed by atoms with Gasteiger partial charge in [-0.2, -0.15) is 18.4 Å². The highest BCUT2D eigenvalue weighted by atomic mass is 19.4. The molecule has 21 heavy (non-hydrogen) atoms. The molecule has 1 atom stereocenters. The van der Waals surface area contributed by atoms with E-state index < -0.39 is 17.3 Å². The summed E-state index contributed by atoms with van der Waals surface area (Å²) >= 11 is 0. The standard InChI is InChI=1S/C14H16F3N3O/c1-9(13(21)19-2)8-20(3)11-4-5-12(14(15,16)17)10(6-11)7-18/h4-6,9H,8H2,1-3H3,(H,19,21)/t9-/m1/s1. The normalized spacial score (nSPS) is 12.4. The van der Waals surface area contributed by atoms with E-state index in [2.05, 4.69) is 5.32 Å². The third-order valence-corrected chi connectivity index (χ3v) is 3.11. The van der Waals surface area contributed by atoms with E-state index >= 15 is 0 Å². The monoisotopic (exact) mass is 299 g/mol. The molecule has 0 aromatic heterocycles. The van der Waals surface area contributed by atoms with E-state index in [0.29, 0.717) is 12.2 Å². The number of anilines is 1. The maximum Gasteiger partial charge on any atom is 0.417 e. The number of alkyl halides is 3. The van der Waals surface area contributed by atoms with Crippen molar-refractivity contribution >= 4 is 11.6 Å². The SMILES string of the molecule is CNC(=O)[C@H](C)CN(C)c1ccc(C(F)(F)F)c(C#N)c1. The second kappa shape index (κ2) is 6.48. The molecule has 1 aromatic rings. The number of nitrogens with zero attached hydrogens (tertiary/aromatic N) is 2. The minimum atomic E-state index is -4.56. The van der Waals surface area contributed by atoms with E-state index in [1.165, 1.54) is 19.2 Å². The van der Waals surface area contributed by atoms with Gasteiger partial charge < -0.3 is 10.2 Å². The van der Waals surface area contributed by atoms with Crippen LogP contribution in [0, 0.1) is 17.2 Å². The quantitative estimate of drug-likeness (QED) is 0.929. The molecule has 0 aliphatic rings. The van der Waals surface area contributed by atoms with Crippen molar-refractivity contribution in [3.63, 3.8) is 0 Å². The molecular weight excluding hydrogens is 283 g/mol. The molecule has 0 spiro atoms. The molecule has 7 heteroatoms. The first-order chi connectivity index (χ1) is 9.70. The Morgan fingerprint density at radius 3 is 2.57 bits per heavy atom. The van der Waals surface area contributed by atoms with Crippen LogP contribution in [0.2, 0.25) is 0 Å². The van der Waals surface area contributed by atoms with Crippen LogP contribution in [-0.4, -0.2) is 26.5 Å². The largest absolute Gasteiger partial charge is 0.417 e. The third kappa shape index (κ3) is 4.12. The van der Waals surface area contributed by atoms with Crippen molar-refractivity contribution in [3.05, 3.63) is 29.3 Å². The Morgan fingerprint density at radius 2 is 2.10 bits per heavy atom. The van der Waals surface area contributed by atoms with Crippen molar-refractivity contribution in [2.24, 2.45) is 5.92 Å². The number of hydrogen-bond donors (Lipinski definition) is 1. The number of nitriles is 1. The summed E-state index contributed by atoms with van der Waals surface area (Å²) in [7, 11) is 3.17. The van der Waals surface area contributed by atoms with Gasteiger partial charge in [0, 0.05) is 26.3 Å². The molecule has 0 fully saturated rings. The van der Waals surface area contributed by atoms with Crippen LogP contribution >= 0.6 is 0 Å². The molecule has 1 N–H and O–H groups in total. The highest BCUT2D eigenvalue weighted by molar-refractivity contribution is 5.78. The van der Waals surface area contributed by atoms with Crippen LogP contribution in [0.3, 0.4) is 0 Å². The number of benzene rings is 1. The van der Waals surface area contributed by atoms with Crippen molar-refractivity contribution in [1.29, 1.82) is 5.26 Å². The van der Waals surface area contributed by atoms with E-state index in [-0.39, 0.29) is 11.8 Å². The van der Waals surface area contributed by atoms with Crippen LogP contribution < -0.4 is 10.2 Å². The number of rotatable bonds is 4. The fourth-order valence-electron chi connectivity index (χ4n) is 1.95. The maximum atomic E-state index is 12.7. The molecule has 0 unspecified atom stereocenters. The third-order valence-electron chi connectivity index (χ3n) is 3.11. The van der Waals surface area contributed by atoms with E-state index in [9.17, 15) is 18.0 Å². The van der Waals surface area contributed by atoms with Crippen LogP contribution in [0.1, 0.15) is 18.1 Å². The first-order valence-corrected chi connectivity index (χ1v) is 6.24. The predicted molar refractivity (Wildman–Crippen MR) is 72.7 cm³/mol. The van der Waals surface area contributed by atoms with Crippen LogP contribution in [0.25, 0.3) is 0 Å². The molecule has 0 heterocycles. The summed E-state index contributed by atoms with van der Waals surface area (Å²) in [6.45, 7) is 2.04. The molecule has 0 aliphatic carbocycles. The van der Waals surface area contributed by atoms with Gasteiger partial charge in [-0.05, 0) is 18.2 Å². The lowest BCUT2D eigenvalue weighted by Crippen LogP contribution is -2.34. The molecule has 1 amide bonds. The van der Waals surface area contributed by atoms with Crippen LogP contribution in [0.4, 0.5) is 18.9 Å². The topological polar surface area (TPSA) is 56.1 Å². The Kier molecular flexibility index (Phi) is 5.19. The Morgan fingerprint density at radius 1 is 1.48 bits per heavy atom. The van der Waals surface area contributed by atoms with E-state index in [4.69, 9.17) is 5.26 Å². The second-order valence-corrected chi connectivity index (χ2v) is 4.74. The average molecular weight is 299 g/mol. The Bertz CT molecular complexity index is 564. The first kappa shape index (κ1) is 16.8. The molecule has 0 saturated carbocycles. The van der Waals surface area contributed by atoms with Crippen molar-refractivity contribution in [3.8, 4) is 6.07 Å². The summed E-state index contributed by atoms with van der Waals surface area (Å²) < 4.78 is 38.1. The summed E-state index contributed by atoms with van der Waals surface area (Å²) in [5, 5.41) is 11.4. The fourth-order valence-corrected chi connectivity index (χ4v) is 1.95.